The van der Waals surface area contributed by atoms with Gasteiger partial charge in [0.15, 0.2) is 11.5 Å². The van der Waals surface area contributed by atoms with Crippen LogP contribution in [0.3, 0.4) is 0 Å². The first-order chi connectivity index (χ1) is 12.8. The molecule has 0 aliphatic carbocycles. The van der Waals surface area contributed by atoms with Crippen LogP contribution in [0.1, 0.15) is 31.9 Å². The van der Waals surface area contributed by atoms with E-state index in [2.05, 4.69) is 38.2 Å². The summed E-state index contributed by atoms with van der Waals surface area (Å²) in [5.74, 6) is 1.05. The van der Waals surface area contributed by atoms with Gasteiger partial charge in [-0.15, -0.1) is 0 Å². The number of rotatable bonds is 4. The minimum absolute atomic E-state index is 0.113. The van der Waals surface area contributed by atoms with Crippen LogP contribution in [0, 0.1) is 0 Å². The number of amides is 1. The molecular formula is C22H26N2O3. The second kappa shape index (κ2) is 7.84. The fourth-order valence-electron chi connectivity index (χ4n) is 2.76. The molecule has 0 radical (unpaired) electrons. The van der Waals surface area contributed by atoms with Gasteiger partial charge in [-0.1, -0.05) is 45.0 Å². The lowest BCUT2D eigenvalue weighted by Crippen LogP contribution is -2.35. The van der Waals surface area contributed by atoms with Gasteiger partial charge in [0.05, 0.1) is 0 Å². The minimum atomic E-state index is -0.202. The Hall–Kier alpha value is -2.79. The maximum Gasteiger partial charge on any atom is 0.248 e. The molecule has 2 aromatic carbocycles. The molecule has 5 nitrogen and oxygen atoms in total. The minimum Gasteiger partial charge on any atom is -0.486 e. The fraction of sp³-hybridized carbons (Fsp3) is 0.318. The van der Waals surface area contributed by atoms with E-state index in [9.17, 15) is 4.79 Å². The Morgan fingerprint density at radius 2 is 1.93 bits per heavy atom. The van der Waals surface area contributed by atoms with Gasteiger partial charge in [0.1, 0.15) is 12.7 Å². The van der Waals surface area contributed by atoms with Crippen molar-refractivity contribution in [3.8, 4) is 11.5 Å². The van der Waals surface area contributed by atoms with Gasteiger partial charge in [0.2, 0.25) is 5.91 Å². The lowest BCUT2D eigenvalue weighted by atomic mass is 9.87. The second-order valence-corrected chi connectivity index (χ2v) is 7.64. The Morgan fingerprint density at radius 3 is 2.59 bits per heavy atom. The van der Waals surface area contributed by atoms with Gasteiger partial charge in [-0.2, -0.15) is 0 Å². The molecule has 3 N–H and O–H groups in total. The van der Waals surface area contributed by atoms with E-state index in [4.69, 9.17) is 15.2 Å². The van der Waals surface area contributed by atoms with E-state index in [1.807, 2.05) is 12.1 Å². The van der Waals surface area contributed by atoms with Crippen LogP contribution < -0.4 is 20.5 Å². The SMILES string of the molecule is CC(C)(C)c1ccc(C=CC(=O)Nc2ccc3c(c2)OC[C@@H](CN)O3)cc1. The van der Waals surface area contributed by atoms with E-state index >= 15 is 0 Å². The summed E-state index contributed by atoms with van der Waals surface area (Å²) < 4.78 is 11.3. The van der Waals surface area contributed by atoms with Crippen molar-refractivity contribution in [1.82, 2.24) is 0 Å². The number of carbonyl (C=O) groups is 1. The number of carbonyl (C=O) groups excluding carboxylic acids is 1. The molecule has 2 aromatic rings. The van der Waals surface area contributed by atoms with Crippen molar-refractivity contribution in [2.45, 2.75) is 32.3 Å². The fourth-order valence-corrected chi connectivity index (χ4v) is 2.76. The number of hydrogen-bond acceptors (Lipinski definition) is 4. The Labute approximate surface area is 160 Å². The zero-order valence-corrected chi connectivity index (χ0v) is 16.0. The van der Waals surface area contributed by atoms with Gasteiger partial charge in [-0.25, -0.2) is 0 Å². The molecule has 1 aliphatic rings. The maximum absolute atomic E-state index is 12.2. The zero-order valence-electron chi connectivity index (χ0n) is 16.0. The molecule has 0 spiro atoms. The first-order valence-electron chi connectivity index (χ1n) is 9.08. The Balaban J connectivity index is 1.62. The van der Waals surface area contributed by atoms with Gasteiger partial charge in [0, 0.05) is 24.4 Å². The van der Waals surface area contributed by atoms with Crippen LogP contribution in [0.15, 0.2) is 48.5 Å². The third-order valence-corrected chi connectivity index (χ3v) is 4.40. The van der Waals surface area contributed by atoms with E-state index in [0.717, 1.165) is 5.56 Å². The third-order valence-electron chi connectivity index (χ3n) is 4.40. The third kappa shape index (κ3) is 4.89. The summed E-state index contributed by atoms with van der Waals surface area (Å²) in [7, 11) is 0. The summed E-state index contributed by atoms with van der Waals surface area (Å²) in [5, 5.41) is 2.84. The molecule has 142 valence electrons. The molecule has 1 aliphatic heterocycles. The summed E-state index contributed by atoms with van der Waals surface area (Å²) in [4.78, 5) is 12.2. The smallest absolute Gasteiger partial charge is 0.248 e. The van der Waals surface area contributed by atoms with Crippen LogP contribution in [0.2, 0.25) is 0 Å². The van der Waals surface area contributed by atoms with Crippen molar-refractivity contribution < 1.29 is 14.3 Å². The van der Waals surface area contributed by atoms with E-state index in [0.29, 0.717) is 30.3 Å². The highest BCUT2D eigenvalue weighted by molar-refractivity contribution is 6.02. The van der Waals surface area contributed by atoms with Crippen molar-refractivity contribution in [1.29, 1.82) is 0 Å². The van der Waals surface area contributed by atoms with Crippen molar-refractivity contribution in [3.05, 3.63) is 59.7 Å². The first kappa shape index (κ1) is 19.0. The second-order valence-electron chi connectivity index (χ2n) is 7.64. The summed E-state index contributed by atoms with van der Waals surface area (Å²) in [6, 6.07) is 13.5. The van der Waals surface area contributed by atoms with Crippen LogP contribution in [-0.4, -0.2) is 25.2 Å². The van der Waals surface area contributed by atoms with Crippen molar-refractivity contribution >= 4 is 17.7 Å². The van der Waals surface area contributed by atoms with Crippen LogP contribution in [0.25, 0.3) is 6.08 Å². The molecule has 0 saturated heterocycles. The zero-order chi connectivity index (χ0) is 19.4. The molecule has 0 saturated carbocycles. The van der Waals surface area contributed by atoms with Gasteiger partial charge in [0.25, 0.3) is 0 Å². The van der Waals surface area contributed by atoms with Crippen LogP contribution in [0.5, 0.6) is 11.5 Å². The number of hydrogen-bond donors (Lipinski definition) is 2. The Kier molecular flexibility index (Phi) is 5.51. The molecule has 1 heterocycles. The standard InChI is InChI=1S/C22H26N2O3/c1-22(2,3)16-7-4-15(5-8-16)6-11-21(25)24-17-9-10-19-20(12-17)26-14-18(13-23)27-19/h4-12,18H,13-14,23H2,1-3H3,(H,24,25)/t18-/m1/s1. The lowest BCUT2D eigenvalue weighted by molar-refractivity contribution is -0.111. The van der Waals surface area contributed by atoms with E-state index < -0.39 is 0 Å². The summed E-state index contributed by atoms with van der Waals surface area (Å²) >= 11 is 0. The highest BCUT2D eigenvalue weighted by Crippen LogP contribution is 2.34. The summed E-state index contributed by atoms with van der Waals surface area (Å²) in [6.45, 7) is 7.34. The first-order valence-corrected chi connectivity index (χ1v) is 9.08. The average molecular weight is 366 g/mol. The summed E-state index contributed by atoms with van der Waals surface area (Å²) in [6.07, 6.45) is 3.18. The number of anilines is 1. The van der Waals surface area contributed by atoms with Gasteiger partial charge in [-0.3, -0.25) is 4.79 Å². The number of fused-ring (bicyclic) bond motifs is 1. The molecule has 3 rings (SSSR count). The van der Waals surface area contributed by atoms with Crippen LogP contribution >= 0.6 is 0 Å². The summed E-state index contributed by atoms with van der Waals surface area (Å²) in [5.41, 5.74) is 8.61. The predicted molar refractivity (Wildman–Crippen MR) is 108 cm³/mol. The molecule has 1 atom stereocenters. The molecular weight excluding hydrogens is 340 g/mol. The number of nitrogens with two attached hydrogens (primary N) is 1. The van der Waals surface area contributed by atoms with Crippen molar-refractivity contribution in [2.75, 3.05) is 18.5 Å². The van der Waals surface area contributed by atoms with Crippen LogP contribution in [0.4, 0.5) is 5.69 Å². The number of ether oxygens (including phenoxy) is 2. The maximum atomic E-state index is 12.2. The molecule has 5 heteroatoms. The highest BCUT2D eigenvalue weighted by atomic mass is 16.6. The molecule has 0 fully saturated rings. The normalized spacial score (nSPS) is 16.4. The Morgan fingerprint density at radius 1 is 1.19 bits per heavy atom. The molecule has 27 heavy (non-hydrogen) atoms. The largest absolute Gasteiger partial charge is 0.486 e. The molecule has 1 amide bonds. The monoisotopic (exact) mass is 366 g/mol. The topological polar surface area (TPSA) is 73.6 Å². The van der Waals surface area contributed by atoms with Gasteiger partial charge in [-0.05, 0) is 34.8 Å². The van der Waals surface area contributed by atoms with E-state index in [1.165, 1.54) is 11.6 Å². The quantitative estimate of drug-likeness (QED) is 0.809. The highest BCUT2D eigenvalue weighted by Gasteiger charge is 2.20. The predicted octanol–water partition coefficient (Wildman–Crippen LogP) is 3.73. The molecule has 0 unspecified atom stereocenters. The van der Waals surface area contributed by atoms with Crippen molar-refractivity contribution in [3.63, 3.8) is 0 Å². The van der Waals surface area contributed by atoms with Crippen LogP contribution in [-0.2, 0) is 10.2 Å². The van der Waals surface area contributed by atoms with Gasteiger partial charge >= 0.3 is 0 Å². The van der Waals surface area contributed by atoms with Gasteiger partial charge < -0.3 is 20.5 Å². The Bertz CT molecular complexity index is 836. The lowest BCUT2D eigenvalue weighted by Gasteiger charge is -2.25. The molecule has 0 aromatic heterocycles. The number of nitrogens with one attached hydrogen (secondary N) is 1. The van der Waals surface area contributed by atoms with E-state index in [1.54, 1.807) is 24.3 Å². The van der Waals surface area contributed by atoms with Crippen molar-refractivity contribution in [2.24, 2.45) is 5.73 Å². The molecule has 0 bridgehead atoms. The van der Waals surface area contributed by atoms with E-state index in [-0.39, 0.29) is 17.4 Å². The average Bonchev–Trinajstić information content (AvgIpc) is 2.65. The number of benzene rings is 2.